The zero-order valence-electron chi connectivity index (χ0n) is 15.3. The fourth-order valence-electron chi connectivity index (χ4n) is 3.36. The average Bonchev–Trinajstić information content (AvgIpc) is 2.69. The van der Waals surface area contributed by atoms with Gasteiger partial charge >= 0.3 is 0 Å². The van der Waals surface area contributed by atoms with E-state index in [1.165, 1.54) is 27.0 Å². The van der Waals surface area contributed by atoms with E-state index < -0.39 is 10.0 Å². The van der Waals surface area contributed by atoms with Gasteiger partial charge in [0.1, 0.15) is 10.5 Å². The highest BCUT2D eigenvalue weighted by atomic mass is 35.5. The molecule has 0 N–H and O–H groups in total. The van der Waals surface area contributed by atoms with Crippen LogP contribution in [0, 0.1) is 0 Å². The predicted octanol–water partition coefficient (Wildman–Crippen LogP) is 2.51. The van der Waals surface area contributed by atoms with Crippen molar-refractivity contribution >= 4 is 38.9 Å². The van der Waals surface area contributed by atoms with Crippen LogP contribution in [0.2, 0.25) is 10.0 Å². The molecule has 7 nitrogen and oxygen atoms in total. The lowest BCUT2D eigenvalue weighted by atomic mass is 10.3. The Bertz CT molecular complexity index is 1220. The Morgan fingerprint density at radius 1 is 1.00 bits per heavy atom. The van der Waals surface area contributed by atoms with Crippen LogP contribution < -0.4 is 5.56 Å². The molecule has 3 aromatic rings. The molecule has 0 aliphatic carbocycles. The van der Waals surface area contributed by atoms with E-state index in [-0.39, 0.29) is 15.5 Å². The lowest BCUT2D eigenvalue weighted by Crippen LogP contribution is -2.48. The number of rotatable bonds is 4. The first-order valence-electron chi connectivity index (χ1n) is 8.99. The van der Waals surface area contributed by atoms with Crippen molar-refractivity contribution in [2.75, 3.05) is 26.2 Å². The van der Waals surface area contributed by atoms with Gasteiger partial charge in [-0.25, -0.2) is 13.4 Å². The van der Waals surface area contributed by atoms with E-state index in [2.05, 4.69) is 9.88 Å². The number of fused-ring (bicyclic) bond motifs is 1. The molecule has 1 fully saturated rings. The number of sulfonamides is 1. The maximum absolute atomic E-state index is 12.8. The molecule has 1 aliphatic heterocycles. The summed E-state index contributed by atoms with van der Waals surface area (Å²) in [5.74, 6) is 0. The second-order valence-electron chi connectivity index (χ2n) is 6.77. The highest BCUT2D eigenvalue weighted by Gasteiger charge is 2.30. The van der Waals surface area contributed by atoms with E-state index in [0.29, 0.717) is 49.1 Å². The molecule has 152 valence electrons. The molecular weight excluding hydrogens is 435 g/mol. The van der Waals surface area contributed by atoms with Gasteiger partial charge in [-0.2, -0.15) is 4.31 Å². The van der Waals surface area contributed by atoms with Gasteiger partial charge in [0.15, 0.2) is 0 Å². The number of aromatic nitrogens is 2. The van der Waals surface area contributed by atoms with Crippen molar-refractivity contribution in [3.05, 3.63) is 74.8 Å². The third-order valence-electron chi connectivity index (χ3n) is 4.85. The Morgan fingerprint density at radius 3 is 2.45 bits per heavy atom. The van der Waals surface area contributed by atoms with Gasteiger partial charge in [-0.3, -0.25) is 14.1 Å². The lowest BCUT2D eigenvalue weighted by Gasteiger charge is -2.33. The Kier molecular flexibility index (Phi) is 5.63. The van der Waals surface area contributed by atoms with Crippen molar-refractivity contribution in [3.8, 4) is 0 Å². The van der Waals surface area contributed by atoms with Crippen LogP contribution in [0.25, 0.3) is 5.65 Å². The summed E-state index contributed by atoms with van der Waals surface area (Å²) in [5, 5.41) is 0.681. The van der Waals surface area contributed by atoms with Crippen LogP contribution in [0.4, 0.5) is 0 Å². The van der Waals surface area contributed by atoms with Crippen molar-refractivity contribution < 1.29 is 8.42 Å². The number of piperazine rings is 1. The zero-order chi connectivity index (χ0) is 20.6. The monoisotopic (exact) mass is 452 g/mol. The predicted molar refractivity (Wildman–Crippen MR) is 112 cm³/mol. The molecule has 0 saturated carbocycles. The molecule has 4 rings (SSSR count). The summed E-state index contributed by atoms with van der Waals surface area (Å²) in [6.45, 7) is 2.22. The van der Waals surface area contributed by atoms with E-state index in [9.17, 15) is 13.2 Å². The number of hydrogen-bond acceptors (Lipinski definition) is 5. The highest BCUT2D eigenvalue weighted by molar-refractivity contribution is 7.89. The van der Waals surface area contributed by atoms with Crippen molar-refractivity contribution in [1.29, 1.82) is 0 Å². The summed E-state index contributed by atoms with van der Waals surface area (Å²) in [6.07, 6.45) is 1.54. The van der Waals surface area contributed by atoms with E-state index in [4.69, 9.17) is 23.2 Å². The van der Waals surface area contributed by atoms with Gasteiger partial charge in [0.05, 0.1) is 15.7 Å². The van der Waals surface area contributed by atoms with Gasteiger partial charge in [0, 0.05) is 45.0 Å². The summed E-state index contributed by atoms with van der Waals surface area (Å²) >= 11 is 12.0. The van der Waals surface area contributed by atoms with Gasteiger partial charge in [-0.05, 0) is 24.3 Å². The maximum atomic E-state index is 12.8. The largest absolute Gasteiger partial charge is 0.295 e. The Morgan fingerprint density at radius 2 is 1.72 bits per heavy atom. The summed E-state index contributed by atoms with van der Waals surface area (Å²) < 4.78 is 28.5. The molecule has 0 unspecified atom stereocenters. The lowest BCUT2D eigenvalue weighted by molar-refractivity contribution is 0.180. The van der Waals surface area contributed by atoms with Crippen LogP contribution >= 0.6 is 23.2 Å². The maximum Gasteiger partial charge on any atom is 0.258 e. The molecule has 1 aromatic carbocycles. The molecule has 0 bridgehead atoms. The van der Waals surface area contributed by atoms with E-state index in [1.807, 2.05) is 0 Å². The molecule has 0 amide bonds. The van der Waals surface area contributed by atoms with E-state index >= 15 is 0 Å². The molecule has 0 radical (unpaired) electrons. The van der Waals surface area contributed by atoms with Crippen LogP contribution in [-0.4, -0.2) is 53.2 Å². The number of halogens is 2. The van der Waals surface area contributed by atoms with E-state index in [0.717, 1.165) is 0 Å². The van der Waals surface area contributed by atoms with Crippen molar-refractivity contribution in [2.45, 2.75) is 11.4 Å². The van der Waals surface area contributed by atoms with Gasteiger partial charge in [-0.1, -0.05) is 35.3 Å². The van der Waals surface area contributed by atoms with Crippen molar-refractivity contribution in [2.24, 2.45) is 0 Å². The normalized spacial score (nSPS) is 16.3. The number of nitrogens with zero attached hydrogens (tertiary/aromatic N) is 4. The van der Waals surface area contributed by atoms with Crippen LogP contribution in [-0.2, 0) is 16.6 Å². The quantitative estimate of drug-likeness (QED) is 0.607. The fourth-order valence-corrected chi connectivity index (χ4v) is 5.43. The minimum atomic E-state index is -3.64. The second-order valence-corrected chi connectivity index (χ2v) is 9.52. The van der Waals surface area contributed by atoms with Gasteiger partial charge < -0.3 is 0 Å². The SMILES string of the molecule is O=c1cc(CN2CCN(S(=O)(=O)c3ccccc3Cl)CC2)nc2ccc(Cl)cn12. The third kappa shape index (κ3) is 4.17. The first-order valence-corrected chi connectivity index (χ1v) is 11.2. The number of benzene rings is 1. The summed E-state index contributed by atoms with van der Waals surface area (Å²) in [4.78, 5) is 19.0. The van der Waals surface area contributed by atoms with Crippen LogP contribution in [0.3, 0.4) is 0 Å². The minimum absolute atomic E-state index is 0.123. The third-order valence-corrected chi connectivity index (χ3v) is 7.47. The summed E-state index contributed by atoms with van der Waals surface area (Å²) in [5.41, 5.74) is 0.962. The standard InChI is InChI=1S/C19H18Cl2N4O3S/c20-14-5-6-18-22-15(11-19(26)25(18)12-14)13-23-7-9-24(10-8-23)29(27,28)17-4-2-1-3-16(17)21/h1-6,11-12H,7-10,13H2. The van der Waals surface area contributed by atoms with Gasteiger partial charge in [0.25, 0.3) is 5.56 Å². The Balaban J connectivity index is 1.47. The van der Waals surface area contributed by atoms with Crippen LogP contribution in [0.15, 0.2) is 58.4 Å². The molecular formula is C19H18Cl2N4O3S. The first-order chi connectivity index (χ1) is 13.8. The summed E-state index contributed by atoms with van der Waals surface area (Å²) in [7, 11) is -3.64. The minimum Gasteiger partial charge on any atom is -0.295 e. The van der Waals surface area contributed by atoms with Gasteiger partial charge in [-0.15, -0.1) is 0 Å². The molecule has 10 heteroatoms. The highest BCUT2D eigenvalue weighted by Crippen LogP contribution is 2.25. The molecule has 0 atom stereocenters. The molecule has 1 aliphatic rings. The fraction of sp³-hybridized carbons (Fsp3) is 0.263. The first kappa shape index (κ1) is 20.3. The Labute approximate surface area is 178 Å². The molecule has 0 spiro atoms. The molecule has 29 heavy (non-hydrogen) atoms. The second kappa shape index (κ2) is 8.04. The van der Waals surface area contributed by atoms with Crippen molar-refractivity contribution in [1.82, 2.24) is 18.6 Å². The summed E-state index contributed by atoms with van der Waals surface area (Å²) in [6, 6.07) is 11.3. The molecule has 2 aromatic heterocycles. The van der Waals surface area contributed by atoms with Gasteiger partial charge in [0.2, 0.25) is 10.0 Å². The topological polar surface area (TPSA) is 75.0 Å². The number of hydrogen-bond donors (Lipinski definition) is 0. The number of pyridine rings is 1. The van der Waals surface area contributed by atoms with E-state index in [1.54, 1.807) is 30.3 Å². The Hall–Kier alpha value is -1.97. The average molecular weight is 453 g/mol. The van der Waals surface area contributed by atoms with Crippen molar-refractivity contribution in [3.63, 3.8) is 0 Å². The molecule has 1 saturated heterocycles. The van der Waals surface area contributed by atoms with Crippen LogP contribution in [0.1, 0.15) is 5.69 Å². The molecule has 3 heterocycles. The van der Waals surface area contributed by atoms with Crippen LogP contribution in [0.5, 0.6) is 0 Å². The zero-order valence-corrected chi connectivity index (χ0v) is 17.7. The smallest absolute Gasteiger partial charge is 0.258 e.